The molecule has 4 rings (SSSR count). The highest BCUT2D eigenvalue weighted by Gasteiger charge is 2.26. The van der Waals surface area contributed by atoms with Crippen LogP contribution in [0.1, 0.15) is 6.42 Å². The molecule has 122 valence electrons. The van der Waals surface area contributed by atoms with Crippen molar-refractivity contribution in [1.82, 2.24) is 9.97 Å². The maximum atomic E-state index is 5.82. The topological polar surface area (TPSA) is 38.2 Å². The standard InChI is InChI=1S/C19H19N3OS/c1-2-10-23-15-7-9-22(12-15)19-16-5-3-4-6-17(16)20-18(21-19)14-8-11-24-13-14/h2-6,8,11,13,15H,1,7,9-10,12H2. The number of nitrogens with zero attached hydrogens (tertiary/aromatic N) is 3. The van der Waals surface area contributed by atoms with Gasteiger partial charge in [0, 0.05) is 29.4 Å². The summed E-state index contributed by atoms with van der Waals surface area (Å²) in [6, 6.07) is 10.3. The largest absolute Gasteiger partial charge is 0.372 e. The number of ether oxygens (including phenoxy) is 1. The lowest BCUT2D eigenvalue weighted by Gasteiger charge is -2.20. The van der Waals surface area contributed by atoms with E-state index in [4.69, 9.17) is 14.7 Å². The highest BCUT2D eigenvalue weighted by molar-refractivity contribution is 7.08. The van der Waals surface area contributed by atoms with Crippen LogP contribution in [-0.4, -0.2) is 35.8 Å². The quantitative estimate of drug-likeness (QED) is 0.656. The second-order valence-electron chi connectivity index (χ2n) is 5.88. The fourth-order valence-electron chi connectivity index (χ4n) is 3.08. The third kappa shape index (κ3) is 2.92. The fourth-order valence-corrected chi connectivity index (χ4v) is 3.72. The Morgan fingerprint density at radius 3 is 3.04 bits per heavy atom. The summed E-state index contributed by atoms with van der Waals surface area (Å²) in [5.41, 5.74) is 2.06. The molecule has 1 fully saturated rings. The van der Waals surface area contributed by atoms with Crippen LogP contribution in [0.25, 0.3) is 22.3 Å². The Morgan fingerprint density at radius 1 is 1.29 bits per heavy atom. The van der Waals surface area contributed by atoms with E-state index in [9.17, 15) is 0 Å². The Bertz CT molecular complexity index is 847. The molecule has 1 saturated heterocycles. The highest BCUT2D eigenvalue weighted by atomic mass is 32.1. The average Bonchev–Trinajstić information content (AvgIpc) is 3.31. The van der Waals surface area contributed by atoms with Crippen LogP contribution in [-0.2, 0) is 4.74 Å². The van der Waals surface area contributed by atoms with Crippen LogP contribution in [0.5, 0.6) is 0 Å². The van der Waals surface area contributed by atoms with Crippen molar-refractivity contribution in [2.45, 2.75) is 12.5 Å². The van der Waals surface area contributed by atoms with Crippen LogP contribution in [0.2, 0.25) is 0 Å². The molecule has 0 radical (unpaired) electrons. The Hall–Kier alpha value is -2.24. The molecular weight excluding hydrogens is 318 g/mol. The molecule has 0 saturated carbocycles. The molecule has 0 N–H and O–H groups in total. The third-order valence-corrected chi connectivity index (χ3v) is 4.94. The highest BCUT2D eigenvalue weighted by Crippen LogP contribution is 2.30. The Balaban J connectivity index is 1.72. The van der Waals surface area contributed by atoms with Crippen molar-refractivity contribution in [3.63, 3.8) is 0 Å². The molecule has 1 aliphatic heterocycles. The van der Waals surface area contributed by atoms with Gasteiger partial charge in [0.2, 0.25) is 0 Å². The van der Waals surface area contributed by atoms with Gasteiger partial charge in [0.15, 0.2) is 5.82 Å². The normalized spacial score (nSPS) is 17.5. The molecule has 2 aromatic heterocycles. The summed E-state index contributed by atoms with van der Waals surface area (Å²) in [5.74, 6) is 1.80. The van der Waals surface area contributed by atoms with E-state index in [0.29, 0.717) is 6.61 Å². The molecule has 0 spiro atoms. The zero-order chi connectivity index (χ0) is 16.4. The maximum absolute atomic E-state index is 5.82. The number of aromatic nitrogens is 2. The van der Waals surface area contributed by atoms with Gasteiger partial charge >= 0.3 is 0 Å². The van der Waals surface area contributed by atoms with Crippen molar-refractivity contribution in [3.8, 4) is 11.4 Å². The number of thiophene rings is 1. The lowest BCUT2D eigenvalue weighted by Crippen LogP contribution is -2.24. The summed E-state index contributed by atoms with van der Waals surface area (Å²) in [6.45, 7) is 6.13. The van der Waals surface area contributed by atoms with E-state index in [0.717, 1.165) is 47.6 Å². The summed E-state index contributed by atoms with van der Waals surface area (Å²) >= 11 is 1.66. The zero-order valence-electron chi connectivity index (χ0n) is 13.4. The Morgan fingerprint density at radius 2 is 2.21 bits per heavy atom. The monoisotopic (exact) mass is 337 g/mol. The number of hydrogen-bond acceptors (Lipinski definition) is 5. The zero-order valence-corrected chi connectivity index (χ0v) is 14.2. The molecule has 5 heteroatoms. The number of benzene rings is 1. The molecular formula is C19H19N3OS. The van der Waals surface area contributed by atoms with Crippen molar-refractivity contribution in [2.24, 2.45) is 0 Å². The van der Waals surface area contributed by atoms with Crippen LogP contribution < -0.4 is 4.90 Å². The Kier molecular flexibility index (Phi) is 4.28. The molecule has 1 aromatic carbocycles. The summed E-state index contributed by atoms with van der Waals surface area (Å²) < 4.78 is 5.82. The van der Waals surface area contributed by atoms with Crippen molar-refractivity contribution >= 4 is 28.1 Å². The minimum absolute atomic E-state index is 0.237. The minimum Gasteiger partial charge on any atom is -0.372 e. The van der Waals surface area contributed by atoms with Gasteiger partial charge < -0.3 is 9.64 Å². The third-order valence-electron chi connectivity index (χ3n) is 4.26. The summed E-state index contributed by atoms with van der Waals surface area (Å²) in [4.78, 5) is 11.9. The minimum atomic E-state index is 0.237. The summed E-state index contributed by atoms with van der Waals surface area (Å²) in [6.07, 6.45) is 3.05. The van der Waals surface area contributed by atoms with Gasteiger partial charge in [0.1, 0.15) is 5.82 Å². The molecule has 1 aliphatic rings. The predicted molar refractivity (Wildman–Crippen MR) is 99.6 cm³/mol. The van der Waals surface area contributed by atoms with Crippen LogP contribution in [0, 0.1) is 0 Å². The second-order valence-corrected chi connectivity index (χ2v) is 6.66. The van der Waals surface area contributed by atoms with Crippen molar-refractivity contribution in [1.29, 1.82) is 0 Å². The molecule has 0 amide bonds. The summed E-state index contributed by atoms with van der Waals surface area (Å²) in [7, 11) is 0. The van der Waals surface area contributed by atoms with Crippen molar-refractivity contribution in [3.05, 3.63) is 53.7 Å². The molecule has 3 aromatic rings. The van der Waals surface area contributed by atoms with Gasteiger partial charge in [-0.25, -0.2) is 9.97 Å². The molecule has 24 heavy (non-hydrogen) atoms. The number of anilines is 1. The average molecular weight is 337 g/mol. The second kappa shape index (κ2) is 6.71. The fraction of sp³-hybridized carbons (Fsp3) is 0.263. The SMILES string of the molecule is C=CCOC1CCN(c2nc(-c3ccsc3)nc3ccccc23)C1. The first kappa shape index (κ1) is 15.3. The van der Waals surface area contributed by atoms with E-state index in [1.165, 1.54) is 0 Å². The van der Waals surface area contributed by atoms with Crippen LogP contribution in [0.4, 0.5) is 5.82 Å². The van der Waals surface area contributed by atoms with E-state index >= 15 is 0 Å². The molecule has 0 aliphatic carbocycles. The number of para-hydroxylation sites is 1. The molecule has 3 heterocycles. The molecule has 4 nitrogen and oxygen atoms in total. The number of fused-ring (bicyclic) bond motifs is 1. The van der Waals surface area contributed by atoms with Gasteiger partial charge in [-0.1, -0.05) is 18.2 Å². The van der Waals surface area contributed by atoms with Crippen molar-refractivity contribution in [2.75, 3.05) is 24.6 Å². The Labute approximate surface area is 145 Å². The number of rotatable bonds is 5. The van der Waals surface area contributed by atoms with Crippen LogP contribution in [0.3, 0.4) is 0 Å². The van der Waals surface area contributed by atoms with Crippen molar-refractivity contribution < 1.29 is 4.74 Å². The molecule has 1 atom stereocenters. The van der Waals surface area contributed by atoms with E-state index in [-0.39, 0.29) is 6.10 Å². The van der Waals surface area contributed by atoms with E-state index < -0.39 is 0 Å². The lowest BCUT2D eigenvalue weighted by atomic mass is 10.2. The summed E-state index contributed by atoms with van der Waals surface area (Å²) in [5, 5.41) is 5.25. The first-order valence-electron chi connectivity index (χ1n) is 8.12. The van der Waals surface area contributed by atoms with Crippen LogP contribution in [0.15, 0.2) is 53.7 Å². The van der Waals surface area contributed by atoms with E-state index in [1.54, 1.807) is 17.4 Å². The maximum Gasteiger partial charge on any atom is 0.162 e. The first-order chi connectivity index (χ1) is 11.8. The predicted octanol–water partition coefficient (Wildman–Crippen LogP) is 4.14. The molecule has 1 unspecified atom stereocenters. The van der Waals surface area contributed by atoms with E-state index in [2.05, 4.69) is 40.4 Å². The first-order valence-corrected chi connectivity index (χ1v) is 9.06. The van der Waals surface area contributed by atoms with Gasteiger partial charge in [-0.05, 0) is 30.0 Å². The van der Waals surface area contributed by atoms with Gasteiger partial charge in [0.25, 0.3) is 0 Å². The van der Waals surface area contributed by atoms with Gasteiger partial charge in [0.05, 0.1) is 18.2 Å². The van der Waals surface area contributed by atoms with Gasteiger partial charge in [-0.3, -0.25) is 0 Å². The van der Waals surface area contributed by atoms with Gasteiger partial charge in [-0.2, -0.15) is 11.3 Å². The van der Waals surface area contributed by atoms with Crippen LogP contribution >= 0.6 is 11.3 Å². The lowest BCUT2D eigenvalue weighted by molar-refractivity contribution is 0.0909. The smallest absolute Gasteiger partial charge is 0.162 e. The van der Waals surface area contributed by atoms with E-state index in [1.807, 2.05) is 12.1 Å². The van der Waals surface area contributed by atoms with Gasteiger partial charge in [-0.15, -0.1) is 6.58 Å². The molecule has 0 bridgehead atoms. The number of hydrogen-bond donors (Lipinski definition) is 0.